The summed E-state index contributed by atoms with van der Waals surface area (Å²) in [6.07, 6.45) is 5.17. The van der Waals surface area contributed by atoms with E-state index in [1.54, 1.807) is 0 Å². The van der Waals surface area contributed by atoms with Crippen LogP contribution in [0.1, 0.15) is 25.7 Å². The molecule has 0 aromatic carbocycles. The Morgan fingerprint density at radius 3 is 2.67 bits per heavy atom. The SMILES string of the molecule is CN(C)CC1CCN(C2CCC(N)C2)C1. The Bertz CT molecular complexity index is 205. The summed E-state index contributed by atoms with van der Waals surface area (Å²) >= 11 is 0. The fraction of sp³-hybridized carbons (Fsp3) is 1.00. The lowest BCUT2D eigenvalue weighted by molar-refractivity contribution is 0.226. The van der Waals surface area contributed by atoms with Crippen molar-refractivity contribution < 1.29 is 0 Å². The zero-order valence-electron chi connectivity index (χ0n) is 10.2. The second-order valence-corrected chi connectivity index (χ2v) is 5.64. The molecule has 1 heterocycles. The highest BCUT2D eigenvalue weighted by Crippen LogP contribution is 2.28. The molecule has 3 unspecified atom stereocenters. The van der Waals surface area contributed by atoms with Crippen LogP contribution >= 0.6 is 0 Å². The molecule has 2 fully saturated rings. The summed E-state index contributed by atoms with van der Waals surface area (Å²) in [7, 11) is 4.35. The van der Waals surface area contributed by atoms with Crippen molar-refractivity contribution in [1.29, 1.82) is 0 Å². The normalized spacial score (nSPS) is 38.0. The first-order valence-corrected chi connectivity index (χ1v) is 6.29. The molecule has 2 N–H and O–H groups in total. The zero-order chi connectivity index (χ0) is 10.8. The predicted molar refractivity (Wildman–Crippen MR) is 63.8 cm³/mol. The first kappa shape index (κ1) is 11.4. The van der Waals surface area contributed by atoms with E-state index in [-0.39, 0.29) is 0 Å². The number of likely N-dealkylation sites (tertiary alicyclic amines) is 1. The molecule has 3 atom stereocenters. The molecule has 88 valence electrons. The number of nitrogens with zero attached hydrogens (tertiary/aromatic N) is 2. The molecule has 1 saturated heterocycles. The minimum Gasteiger partial charge on any atom is -0.328 e. The predicted octanol–water partition coefficient (Wildman–Crippen LogP) is 0.750. The maximum Gasteiger partial charge on any atom is 0.0111 e. The van der Waals surface area contributed by atoms with Crippen molar-refractivity contribution in [3.05, 3.63) is 0 Å². The highest BCUT2D eigenvalue weighted by molar-refractivity contribution is 4.89. The molecule has 0 aromatic heterocycles. The van der Waals surface area contributed by atoms with E-state index < -0.39 is 0 Å². The van der Waals surface area contributed by atoms with Gasteiger partial charge in [-0.15, -0.1) is 0 Å². The second-order valence-electron chi connectivity index (χ2n) is 5.64. The summed E-state index contributed by atoms with van der Waals surface area (Å²) in [5.41, 5.74) is 5.97. The van der Waals surface area contributed by atoms with Gasteiger partial charge >= 0.3 is 0 Å². The van der Waals surface area contributed by atoms with Gasteiger partial charge in [-0.25, -0.2) is 0 Å². The van der Waals surface area contributed by atoms with Crippen molar-refractivity contribution in [2.24, 2.45) is 11.7 Å². The van der Waals surface area contributed by atoms with Crippen LogP contribution in [0.4, 0.5) is 0 Å². The smallest absolute Gasteiger partial charge is 0.0111 e. The van der Waals surface area contributed by atoms with Gasteiger partial charge in [0.1, 0.15) is 0 Å². The quantitative estimate of drug-likeness (QED) is 0.748. The molecule has 3 heteroatoms. The van der Waals surface area contributed by atoms with Gasteiger partial charge in [0.15, 0.2) is 0 Å². The minimum absolute atomic E-state index is 0.475. The third-order valence-electron chi connectivity index (χ3n) is 3.90. The van der Waals surface area contributed by atoms with Crippen molar-refractivity contribution in [1.82, 2.24) is 9.80 Å². The van der Waals surface area contributed by atoms with Crippen LogP contribution in [0.3, 0.4) is 0 Å². The van der Waals surface area contributed by atoms with Gasteiger partial charge in [0.25, 0.3) is 0 Å². The topological polar surface area (TPSA) is 32.5 Å². The molecule has 0 spiro atoms. The lowest BCUT2D eigenvalue weighted by Gasteiger charge is -2.24. The lowest BCUT2D eigenvalue weighted by atomic mass is 10.1. The van der Waals surface area contributed by atoms with Gasteiger partial charge in [-0.1, -0.05) is 0 Å². The number of hydrogen-bond acceptors (Lipinski definition) is 3. The fourth-order valence-electron chi connectivity index (χ4n) is 3.18. The van der Waals surface area contributed by atoms with Gasteiger partial charge in [-0.3, -0.25) is 4.90 Å². The van der Waals surface area contributed by atoms with Crippen LogP contribution < -0.4 is 5.73 Å². The molecular formula is C12H25N3. The molecule has 0 bridgehead atoms. The molecule has 1 aliphatic heterocycles. The number of rotatable bonds is 3. The summed E-state index contributed by atoms with van der Waals surface area (Å²) < 4.78 is 0. The third kappa shape index (κ3) is 2.92. The summed E-state index contributed by atoms with van der Waals surface area (Å²) in [6.45, 7) is 3.85. The maximum absolute atomic E-state index is 5.97. The monoisotopic (exact) mass is 211 g/mol. The fourth-order valence-corrected chi connectivity index (χ4v) is 3.18. The van der Waals surface area contributed by atoms with Gasteiger partial charge in [0.2, 0.25) is 0 Å². The molecule has 2 aliphatic rings. The Balaban J connectivity index is 1.77. The first-order valence-electron chi connectivity index (χ1n) is 6.29. The van der Waals surface area contributed by atoms with Crippen LogP contribution in [-0.2, 0) is 0 Å². The second kappa shape index (κ2) is 4.81. The van der Waals surface area contributed by atoms with Crippen LogP contribution in [0.25, 0.3) is 0 Å². The highest BCUT2D eigenvalue weighted by Gasteiger charge is 2.32. The van der Waals surface area contributed by atoms with Crippen molar-refractivity contribution in [3.8, 4) is 0 Å². The molecule has 15 heavy (non-hydrogen) atoms. The first-order chi connectivity index (χ1) is 7.15. The summed E-state index contributed by atoms with van der Waals surface area (Å²) in [5, 5.41) is 0. The summed E-state index contributed by atoms with van der Waals surface area (Å²) in [4.78, 5) is 5.00. The Hall–Kier alpha value is -0.120. The standard InChI is InChI=1S/C12H25N3/c1-14(2)8-10-5-6-15(9-10)12-4-3-11(13)7-12/h10-12H,3-9,13H2,1-2H3. The molecule has 3 nitrogen and oxygen atoms in total. The van der Waals surface area contributed by atoms with E-state index in [9.17, 15) is 0 Å². The molecule has 0 amide bonds. The van der Waals surface area contributed by atoms with E-state index in [2.05, 4.69) is 23.9 Å². The van der Waals surface area contributed by atoms with Gasteiger partial charge in [0, 0.05) is 25.2 Å². The largest absolute Gasteiger partial charge is 0.328 e. The van der Waals surface area contributed by atoms with E-state index in [1.165, 1.54) is 45.3 Å². The van der Waals surface area contributed by atoms with E-state index in [0.29, 0.717) is 6.04 Å². The molecule has 1 aliphatic carbocycles. The van der Waals surface area contributed by atoms with Gasteiger partial charge in [0.05, 0.1) is 0 Å². The summed E-state index contributed by atoms with van der Waals surface area (Å²) in [5.74, 6) is 0.886. The highest BCUT2D eigenvalue weighted by atomic mass is 15.2. The van der Waals surface area contributed by atoms with Gasteiger partial charge in [-0.2, -0.15) is 0 Å². The molecule has 2 rings (SSSR count). The van der Waals surface area contributed by atoms with E-state index in [0.717, 1.165) is 12.0 Å². The van der Waals surface area contributed by atoms with Crippen molar-refractivity contribution >= 4 is 0 Å². The number of hydrogen-bond donors (Lipinski definition) is 1. The van der Waals surface area contributed by atoms with Gasteiger partial charge in [-0.05, 0) is 52.2 Å². The van der Waals surface area contributed by atoms with Crippen molar-refractivity contribution in [3.63, 3.8) is 0 Å². The third-order valence-corrected chi connectivity index (χ3v) is 3.90. The average Bonchev–Trinajstić information content (AvgIpc) is 2.72. The van der Waals surface area contributed by atoms with E-state index in [1.807, 2.05) is 0 Å². The Morgan fingerprint density at radius 2 is 2.07 bits per heavy atom. The summed E-state index contributed by atoms with van der Waals surface area (Å²) in [6, 6.07) is 1.27. The van der Waals surface area contributed by atoms with E-state index in [4.69, 9.17) is 5.73 Å². The van der Waals surface area contributed by atoms with Crippen molar-refractivity contribution in [2.75, 3.05) is 33.7 Å². The lowest BCUT2D eigenvalue weighted by Crippen LogP contribution is -2.33. The maximum atomic E-state index is 5.97. The van der Waals surface area contributed by atoms with E-state index >= 15 is 0 Å². The Morgan fingerprint density at radius 1 is 1.27 bits per heavy atom. The Kier molecular flexibility index (Phi) is 3.65. The van der Waals surface area contributed by atoms with Crippen molar-refractivity contribution in [2.45, 2.75) is 37.8 Å². The minimum atomic E-state index is 0.475. The zero-order valence-corrected chi connectivity index (χ0v) is 10.2. The molecular weight excluding hydrogens is 186 g/mol. The van der Waals surface area contributed by atoms with Gasteiger partial charge < -0.3 is 10.6 Å². The van der Waals surface area contributed by atoms with Crippen LogP contribution in [0.15, 0.2) is 0 Å². The van der Waals surface area contributed by atoms with Crippen LogP contribution in [0.5, 0.6) is 0 Å². The number of nitrogens with two attached hydrogens (primary N) is 1. The van der Waals surface area contributed by atoms with Crippen LogP contribution in [0, 0.1) is 5.92 Å². The molecule has 0 radical (unpaired) electrons. The molecule has 1 saturated carbocycles. The average molecular weight is 211 g/mol. The molecule has 0 aromatic rings. The van der Waals surface area contributed by atoms with Crippen LogP contribution in [0.2, 0.25) is 0 Å². The van der Waals surface area contributed by atoms with Crippen LogP contribution in [-0.4, -0.2) is 55.6 Å². The Labute approximate surface area is 93.6 Å².